The molecule has 6 nitrogen and oxygen atoms in total. The van der Waals surface area contributed by atoms with Gasteiger partial charge in [-0.1, -0.05) is 6.07 Å². The van der Waals surface area contributed by atoms with Crippen LogP contribution in [0.25, 0.3) is 0 Å². The topological polar surface area (TPSA) is 54.9 Å². The molecule has 3 heterocycles. The maximum atomic E-state index is 12.0. The van der Waals surface area contributed by atoms with Crippen LogP contribution in [0.15, 0.2) is 24.4 Å². The summed E-state index contributed by atoms with van der Waals surface area (Å²) in [6.07, 6.45) is 2.70. The largest absolute Gasteiger partial charge is 0.477 e. The van der Waals surface area contributed by atoms with Gasteiger partial charge in [0.15, 0.2) is 0 Å². The number of hydrogen-bond donors (Lipinski definition) is 0. The Hall–Kier alpha value is -1.66. The van der Waals surface area contributed by atoms with Gasteiger partial charge in [-0.15, -0.1) is 0 Å². The van der Waals surface area contributed by atoms with Crippen LogP contribution in [-0.2, 0) is 9.53 Å². The van der Waals surface area contributed by atoms with E-state index in [1.807, 2.05) is 42.1 Å². The molecule has 1 atom stereocenters. The van der Waals surface area contributed by atoms with Crippen molar-refractivity contribution in [1.82, 2.24) is 14.8 Å². The molecule has 2 aliphatic heterocycles. The highest BCUT2D eigenvalue weighted by Gasteiger charge is 2.54. The van der Waals surface area contributed by atoms with Gasteiger partial charge in [-0.05, 0) is 26.6 Å². The molecule has 1 amide bonds. The van der Waals surface area contributed by atoms with Gasteiger partial charge in [0, 0.05) is 24.8 Å². The zero-order chi connectivity index (χ0) is 15.6. The fourth-order valence-corrected chi connectivity index (χ4v) is 3.14. The van der Waals surface area contributed by atoms with Gasteiger partial charge >= 0.3 is 0 Å². The molecule has 0 aliphatic carbocycles. The van der Waals surface area contributed by atoms with E-state index >= 15 is 0 Å². The number of carbonyl (C=O) groups is 1. The molecule has 120 valence electrons. The Labute approximate surface area is 131 Å². The molecule has 6 heteroatoms. The number of hydrogen-bond acceptors (Lipinski definition) is 5. The molecule has 2 saturated heterocycles. The Morgan fingerprint density at radius 3 is 3.00 bits per heavy atom. The van der Waals surface area contributed by atoms with E-state index in [1.165, 1.54) is 0 Å². The number of pyridine rings is 1. The minimum atomic E-state index is -0.212. The Bertz CT molecular complexity index is 515. The van der Waals surface area contributed by atoms with Gasteiger partial charge in [-0.2, -0.15) is 0 Å². The van der Waals surface area contributed by atoms with Crippen molar-refractivity contribution in [3.05, 3.63) is 24.4 Å². The molecule has 2 aliphatic rings. The summed E-state index contributed by atoms with van der Waals surface area (Å²) in [5, 5.41) is 0. The van der Waals surface area contributed by atoms with Crippen LogP contribution >= 0.6 is 0 Å². The lowest BCUT2D eigenvalue weighted by Crippen LogP contribution is -2.67. The highest BCUT2D eigenvalue weighted by Crippen LogP contribution is 2.40. The van der Waals surface area contributed by atoms with E-state index in [-0.39, 0.29) is 11.5 Å². The first-order chi connectivity index (χ1) is 10.6. The maximum absolute atomic E-state index is 12.0. The second-order valence-corrected chi connectivity index (χ2v) is 6.37. The molecule has 0 saturated carbocycles. The third-order valence-corrected chi connectivity index (χ3v) is 4.39. The monoisotopic (exact) mass is 305 g/mol. The van der Waals surface area contributed by atoms with Crippen LogP contribution in [0, 0.1) is 5.92 Å². The Morgan fingerprint density at radius 1 is 1.50 bits per heavy atom. The number of rotatable bonds is 5. The number of nitrogens with zero attached hydrogens (tertiary/aromatic N) is 3. The van der Waals surface area contributed by atoms with Crippen LogP contribution in [0.4, 0.5) is 0 Å². The Morgan fingerprint density at radius 2 is 2.32 bits per heavy atom. The lowest BCUT2D eigenvalue weighted by atomic mass is 9.81. The van der Waals surface area contributed by atoms with Crippen LogP contribution in [0.1, 0.15) is 6.42 Å². The second-order valence-electron chi connectivity index (χ2n) is 6.37. The zero-order valence-corrected chi connectivity index (χ0v) is 13.2. The van der Waals surface area contributed by atoms with E-state index in [1.54, 1.807) is 6.20 Å². The minimum absolute atomic E-state index is 0.163. The van der Waals surface area contributed by atoms with Crippen LogP contribution in [0.3, 0.4) is 0 Å². The standard InChI is InChI=1S/C16H23N3O3/c1-18(2)9-15(20)19-11-16(12-19)13(6-8-22-16)10-21-14-5-3-4-7-17-14/h3-5,7,13H,6,8-12H2,1-2H3. The first kappa shape index (κ1) is 15.2. The molecule has 1 unspecified atom stereocenters. The van der Waals surface area contributed by atoms with Crippen LogP contribution in [0.5, 0.6) is 5.88 Å². The van der Waals surface area contributed by atoms with Gasteiger partial charge in [-0.25, -0.2) is 4.98 Å². The van der Waals surface area contributed by atoms with Crippen molar-refractivity contribution in [1.29, 1.82) is 0 Å². The summed E-state index contributed by atoms with van der Waals surface area (Å²) in [7, 11) is 3.81. The van der Waals surface area contributed by atoms with E-state index in [4.69, 9.17) is 9.47 Å². The first-order valence-electron chi connectivity index (χ1n) is 7.69. The number of likely N-dealkylation sites (tertiary alicyclic amines) is 1. The quantitative estimate of drug-likeness (QED) is 0.799. The van der Waals surface area contributed by atoms with Crippen molar-refractivity contribution in [2.24, 2.45) is 5.92 Å². The summed E-state index contributed by atoms with van der Waals surface area (Å²) >= 11 is 0. The van der Waals surface area contributed by atoms with Crippen LogP contribution in [0.2, 0.25) is 0 Å². The Kier molecular flexibility index (Phi) is 4.31. The van der Waals surface area contributed by atoms with Gasteiger partial charge in [-0.3, -0.25) is 4.79 Å². The SMILES string of the molecule is CN(C)CC(=O)N1CC2(C1)OCCC2COc1ccccn1. The number of carbonyl (C=O) groups excluding carboxylic acids is 1. The van der Waals surface area contributed by atoms with Crippen LogP contribution < -0.4 is 4.74 Å². The number of likely N-dealkylation sites (N-methyl/N-ethyl adjacent to an activating group) is 1. The molecule has 1 spiro atoms. The van der Waals surface area contributed by atoms with Gasteiger partial charge in [0.05, 0.1) is 26.2 Å². The first-order valence-corrected chi connectivity index (χ1v) is 7.69. The summed E-state index contributed by atoms with van der Waals surface area (Å²) in [6.45, 7) is 3.13. The third-order valence-electron chi connectivity index (χ3n) is 4.39. The van der Waals surface area contributed by atoms with Crippen molar-refractivity contribution >= 4 is 5.91 Å². The summed E-state index contributed by atoms with van der Waals surface area (Å²) in [6, 6.07) is 5.64. The van der Waals surface area contributed by atoms with Crippen molar-refractivity contribution in [3.8, 4) is 5.88 Å². The number of ether oxygens (including phenoxy) is 2. The minimum Gasteiger partial charge on any atom is -0.477 e. The summed E-state index contributed by atoms with van der Waals surface area (Å²) in [4.78, 5) is 20.0. The summed E-state index contributed by atoms with van der Waals surface area (Å²) < 4.78 is 11.7. The van der Waals surface area contributed by atoms with Crippen molar-refractivity contribution < 1.29 is 14.3 Å². The molecule has 0 bridgehead atoms. The fourth-order valence-electron chi connectivity index (χ4n) is 3.14. The van der Waals surface area contributed by atoms with E-state index in [0.29, 0.717) is 38.0 Å². The second kappa shape index (κ2) is 6.22. The molecule has 3 rings (SSSR count). The normalized spacial score (nSPS) is 22.9. The van der Waals surface area contributed by atoms with Crippen molar-refractivity contribution in [2.45, 2.75) is 12.0 Å². The lowest BCUT2D eigenvalue weighted by Gasteiger charge is -2.50. The highest BCUT2D eigenvalue weighted by molar-refractivity contribution is 5.79. The van der Waals surface area contributed by atoms with Gasteiger partial charge in [0.25, 0.3) is 0 Å². The lowest BCUT2D eigenvalue weighted by molar-refractivity contribution is -0.167. The molecule has 22 heavy (non-hydrogen) atoms. The summed E-state index contributed by atoms with van der Waals surface area (Å²) in [5.41, 5.74) is -0.212. The van der Waals surface area contributed by atoms with Gasteiger partial charge in [0.1, 0.15) is 5.60 Å². The van der Waals surface area contributed by atoms with Crippen molar-refractivity contribution in [2.75, 3.05) is 46.9 Å². The third kappa shape index (κ3) is 3.08. The molecular weight excluding hydrogens is 282 g/mol. The maximum Gasteiger partial charge on any atom is 0.236 e. The van der Waals surface area contributed by atoms with Crippen LogP contribution in [-0.4, -0.2) is 73.2 Å². The average molecular weight is 305 g/mol. The van der Waals surface area contributed by atoms with Gasteiger partial charge in [0.2, 0.25) is 11.8 Å². The summed E-state index contributed by atoms with van der Waals surface area (Å²) in [5.74, 6) is 1.12. The Balaban J connectivity index is 1.53. The van der Waals surface area contributed by atoms with Gasteiger partial charge < -0.3 is 19.3 Å². The average Bonchev–Trinajstić information content (AvgIpc) is 2.87. The predicted molar refractivity (Wildman–Crippen MR) is 81.7 cm³/mol. The van der Waals surface area contributed by atoms with E-state index in [9.17, 15) is 4.79 Å². The molecule has 0 radical (unpaired) electrons. The molecule has 1 aromatic heterocycles. The zero-order valence-electron chi connectivity index (χ0n) is 13.2. The molecular formula is C16H23N3O3. The highest BCUT2D eigenvalue weighted by atomic mass is 16.5. The van der Waals surface area contributed by atoms with E-state index < -0.39 is 0 Å². The smallest absolute Gasteiger partial charge is 0.236 e. The molecule has 0 N–H and O–H groups in total. The van der Waals surface area contributed by atoms with E-state index in [2.05, 4.69) is 4.98 Å². The molecule has 2 fully saturated rings. The van der Waals surface area contributed by atoms with E-state index in [0.717, 1.165) is 13.0 Å². The predicted octanol–water partition coefficient (Wildman–Crippen LogP) is 0.639. The molecule has 0 aromatic carbocycles. The number of amides is 1. The molecule has 1 aromatic rings. The van der Waals surface area contributed by atoms with Crippen molar-refractivity contribution in [3.63, 3.8) is 0 Å². The fraction of sp³-hybridized carbons (Fsp3) is 0.625. The number of aromatic nitrogens is 1.